The number of imidazole rings is 1. The second kappa shape index (κ2) is 7.98. The van der Waals surface area contributed by atoms with Gasteiger partial charge in [0.15, 0.2) is 0 Å². The summed E-state index contributed by atoms with van der Waals surface area (Å²) in [6, 6.07) is 15.4. The Kier molecular flexibility index (Phi) is 5.52. The lowest BCUT2D eigenvalue weighted by Crippen LogP contribution is -2.29. The van der Waals surface area contributed by atoms with Crippen LogP contribution in [0.5, 0.6) is 5.75 Å². The summed E-state index contributed by atoms with van der Waals surface area (Å²) in [5, 5.41) is 3.62. The maximum atomic E-state index is 5.63. The average molecular weight is 406 g/mol. The van der Waals surface area contributed by atoms with Gasteiger partial charge in [0.05, 0.1) is 12.6 Å². The van der Waals surface area contributed by atoms with E-state index in [1.54, 1.807) is 7.11 Å². The molecule has 0 bridgehead atoms. The van der Waals surface area contributed by atoms with Crippen molar-refractivity contribution in [1.82, 2.24) is 9.55 Å². The monoisotopic (exact) mass is 405 g/mol. The van der Waals surface area contributed by atoms with E-state index in [4.69, 9.17) is 9.72 Å². The number of nitrogens with zero attached hydrogens (tertiary/aromatic N) is 2. The van der Waals surface area contributed by atoms with Crippen LogP contribution in [0.15, 0.2) is 42.5 Å². The van der Waals surface area contributed by atoms with Gasteiger partial charge < -0.3 is 14.6 Å². The fraction of sp³-hybridized carbons (Fsp3) is 0.500. The third-order valence-electron chi connectivity index (χ3n) is 6.47. The van der Waals surface area contributed by atoms with Crippen molar-refractivity contribution in [3.05, 3.63) is 48.0 Å². The van der Waals surface area contributed by atoms with Crippen LogP contribution in [0.3, 0.4) is 0 Å². The molecule has 160 valence electrons. The molecule has 0 saturated heterocycles. The van der Waals surface area contributed by atoms with Crippen LogP contribution in [-0.2, 0) is 0 Å². The molecule has 1 aromatic heterocycles. The SMILES string of the molecule is COc1cccc2c1nc(Nc1ccc(C(C)C)cc1)n2[C@H]1C[C@@H](C)CC(C)(C)C1. The highest BCUT2D eigenvalue weighted by molar-refractivity contribution is 5.85. The molecular weight excluding hydrogens is 370 g/mol. The lowest BCUT2D eigenvalue weighted by Gasteiger charge is -2.40. The predicted molar refractivity (Wildman–Crippen MR) is 126 cm³/mol. The van der Waals surface area contributed by atoms with E-state index >= 15 is 0 Å². The minimum atomic E-state index is 0.327. The summed E-state index contributed by atoms with van der Waals surface area (Å²) in [5.41, 5.74) is 4.81. The predicted octanol–water partition coefficient (Wildman–Crippen LogP) is 7.30. The summed E-state index contributed by atoms with van der Waals surface area (Å²) in [4.78, 5) is 5.01. The second-order valence-corrected chi connectivity index (χ2v) is 10.1. The maximum Gasteiger partial charge on any atom is 0.208 e. The molecule has 1 aliphatic rings. The highest BCUT2D eigenvalue weighted by Crippen LogP contribution is 2.46. The molecule has 4 rings (SSSR count). The first kappa shape index (κ1) is 20.8. The van der Waals surface area contributed by atoms with Crippen LogP contribution >= 0.6 is 0 Å². The first-order chi connectivity index (χ1) is 14.3. The fourth-order valence-corrected chi connectivity index (χ4v) is 5.29. The van der Waals surface area contributed by atoms with Crippen molar-refractivity contribution < 1.29 is 4.74 Å². The Bertz CT molecular complexity index is 1020. The van der Waals surface area contributed by atoms with Crippen LogP contribution in [0, 0.1) is 11.3 Å². The molecule has 0 aliphatic heterocycles. The molecule has 30 heavy (non-hydrogen) atoms. The van der Waals surface area contributed by atoms with E-state index in [2.05, 4.69) is 80.9 Å². The fourth-order valence-electron chi connectivity index (χ4n) is 5.29. The number of hydrogen-bond acceptors (Lipinski definition) is 3. The Balaban J connectivity index is 1.79. The zero-order valence-corrected chi connectivity index (χ0v) is 19.2. The van der Waals surface area contributed by atoms with Gasteiger partial charge >= 0.3 is 0 Å². The van der Waals surface area contributed by atoms with E-state index in [-0.39, 0.29) is 0 Å². The van der Waals surface area contributed by atoms with Gasteiger partial charge in [-0.25, -0.2) is 4.98 Å². The average Bonchev–Trinajstić information content (AvgIpc) is 3.04. The molecule has 1 fully saturated rings. The topological polar surface area (TPSA) is 39.1 Å². The van der Waals surface area contributed by atoms with Gasteiger partial charge in [0.25, 0.3) is 0 Å². The maximum absolute atomic E-state index is 5.63. The number of aromatic nitrogens is 2. The Morgan fingerprint density at radius 3 is 2.47 bits per heavy atom. The largest absolute Gasteiger partial charge is 0.494 e. The third kappa shape index (κ3) is 4.05. The molecule has 0 spiro atoms. The Hall–Kier alpha value is -2.49. The number of rotatable bonds is 5. The summed E-state index contributed by atoms with van der Waals surface area (Å²) in [6.07, 6.45) is 3.60. The highest BCUT2D eigenvalue weighted by atomic mass is 16.5. The second-order valence-electron chi connectivity index (χ2n) is 10.1. The van der Waals surface area contributed by atoms with Gasteiger partial charge in [-0.3, -0.25) is 0 Å². The van der Waals surface area contributed by atoms with Gasteiger partial charge in [0.2, 0.25) is 5.95 Å². The van der Waals surface area contributed by atoms with E-state index in [1.807, 2.05) is 6.07 Å². The van der Waals surface area contributed by atoms with Crippen molar-refractivity contribution in [3.8, 4) is 5.75 Å². The third-order valence-corrected chi connectivity index (χ3v) is 6.47. The van der Waals surface area contributed by atoms with Crippen molar-refractivity contribution >= 4 is 22.7 Å². The zero-order valence-electron chi connectivity index (χ0n) is 19.2. The summed E-state index contributed by atoms with van der Waals surface area (Å²) in [5.74, 6) is 2.95. The molecule has 1 aliphatic carbocycles. The van der Waals surface area contributed by atoms with E-state index < -0.39 is 0 Å². The molecule has 2 aromatic carbocycles. The first-order valence-corrected chi connectivity index (χ1v) is 11.2. The van der Waals surface area contributed by atoms with Crippen molar-refractivity contribution in [3.63, 3.8) is 0 Å². The molecule has 2 atom stereocenters. The quantitative estimate of drug-likeness (QED) is 0.484. The van der Waals surface area contributed by atoms with Gasteiger partial charge in [-0.05, 0) is 66.3 Å². The number of fused-ring (bicyclic) bond motifs is 1. The molecule has 1 N–H and O–H groups in total. The van der Waals surface area contributed by atoms with Crippen molar-refractivity contribution in [2.24, 2.45) is 11.3 Å². The van der Waals surface area contributed by atoms with Gasteiger partial charge in [0.1, 0.15) is 11.3 Å². The number of benzene rings is 2. The summed E-state index contributed by atoms with van der Waals surface area (Å²) in [7, 11) is 1.72. The minimum absolute atomic E-state index is 0.327. The lowest BCUT2D eigenvalue weighted by molar-refractivity contribution is 0.140. The van der Waals surface area contributed by atoms with Crippen molar-refractivity contribution in [1.29, 1.82) is 0 Å². The Morgan fingerprint density at radius 1 is 1.10 bits per heavy atom. The number of para-hydroxylation sites is 1. The molecule has 0 unspecified atom stereocenters. The van der Waals surface area contributed by atoms with Gasteiger partial charge in [-0.2, -0.15) is 0 Å². The molecule has 4 heteroatoms. The normalized spacial score (nSPS) is 21.2. The number of methoxy groups -OCH3 is 1. The van der Waals surface area contributed by atoms with Crippen LogP contribution in [0.4, 0.5) is 11.6 Å². The number of hydrogen-bond donors (Lipinski definition) is 1. The van der Waals surface area contributed by atoms with Gasteiger partial charge in [-0.15, -0.1) is 0 Å². The Morgan fingerprint density at radius 2 is 1.83 bits per heavy atom. The minimum Gasteiger partial charge on any atom is -0.494 e. The van der Waals surface area contributed by atoms with Crippen LogP contribution < -0.4 is 10.1 Å². The molecular formula is C26H35N3O. The number of nitrogens with one attached hydrogen (secondary N) is 1. The molecule has 1 saturated carbocycles. The van der Waals surface area contributed by atoms with E-state index in [0.29, 0.717) is 23.3 Å². The van der Waals surface area contributed by atoms with Crippen molar-refractivity contribution in [2.75, 3.05) is 12.4 Å². The summed E-state index contributed by atoms with van der Waals surface area (Å²) < 4.78 is 8.06. The first-order valence-electron chi connectivity index (χ1n) is 11.2. The van der Waals surface area contributed by atoms with Gasteiger partial charge in [-0.1, -0.05) is 52.8 Å². The molecule has 0 amide bonds. The molecule has 1 heterocycles. The van der Waals surface area contributed by atoms with E-state index in [1.165, 1.54) is 18.4 Å². The van der Waals surface area contributed by atoms with E-state index in [9.17, 15) is 0 Å². The molecule has 0 radical (unpaired) electrons. The smallest absolute Gasteiger partial charge is 0.208 e. The molecule has 4 nitrogen and oxygen atoms in total. The Labute approximate surface area is 180 Å². The van der Waals surface area contributed by atoms with Crippen LogP contribution in [0.25, 0.3) is 11.0 Å². The summed E-state index contributed by atoms with van der Waals surface area (Å²) in [6.45, 7) is 11.6. The number of ether oxygens (including phenoxy) is 1. The van der Waals surface area contributed by atoms with Crippen molar-refractivity contribution in [2.45, 2.75) is 65.8 Å². The van der Waals surface area contributed by atoms with Crippen LogP contribution in [0.1, 0.15) is 71.4 Å². The summed E-state index contributed by atoms with van der Waals surface area (Å²) >= 11 is 0. The highest BCUT2D eigenvalue weighted by Gasteiger charge is 2.35. The standard InChI is InChI=1S/C26H35N3O/c1-17(2)19-10-12-20(13-11-19)27-25-28-24-22(8-7-9-23(24)30-6)29(25)21-14-18(3)15-26(4,5)16-21/h7-13,17-18,21H,14-16H2,1-6H3,(H,27,28)/t18-,21+/m1/s1. The molecule has 3 aromatic rings. The van der Waals surface area contributed by atoms with Crippen LogP contribution in [-0.4, -0.2) is 16.7 Å². The van der Waals surface area contributed by atoms with Gasteiger partial charge in [0, 0.05) is 11.7 Å². The van der Waals surface area contributed by atoms with Crippen LogP contribution in [0.2, 0.25) is 0 Å². The number of anilines is 2. The lowest BCUT2D eigenvalue weighted by atomic mass is 9.70. The van der Waals surface area contributed by atoms with E-state index in [0.717, 1.165) is 34.8 Å². The zero-order chi connectivity index (χ0) is 21.5.